The van der Waals surface area contributed by atoms with Crippen molar-refractivity contribution < 1.29 is 4.42 Å². The van der Waals surface area contributed by atoms with Crippen LogP contribution in [0, 0.1) is 0 Å². The second kappa shape index (κ2) is 7.51. The molecule has 0 aliphatic carbocycles. The highest BCUT2D eigenvalue weighted by Crippen LogP contribution is 2.40. The molecule has 4 heteroatoms. The Hall–Kier alpha value is -0.0600. The fourth-order valence-electron chi connectivity index (χ4n) is 2.42. The van der Waals surface area contributed by atoms with Gasteiger partial charge >= 0.3 is 0 Å². The summed E-state index contributed by atoms with van der Waals surface area (Å²) >= 11 is 4.27. The molecule has 1 aliphatic heterocycles. The lowest BCUT2D eigenvalue weighted by Crippen LogP contribution is -2.38. The number of hydrogen-bond acceptors (Lipinski definition) is 4. The van der Waals surface area contributed by atoms with E-state index in [0.717, 1.165) is 11.8 Å². The van der Waals surface area contributed by atoms with E-state index in [2.05, 4.69) is 48.8 Å². The standard InChI is InChI=1S/C14H23NOS2/c1-3-6-15-13(11-5-7-16-10-11)14-12(4-2)17-8-9-18-14/h5,7,10,12-15H,3-4,6,8-9H2,1-2H3. The van der Waals surface area contributed by atoms with Crippen LogP contribution in [0.1, 0.15) is 38.3 Å². The lowest BCUT2D eigenvalue weighted by molar-refractivity contribution is 0.488. The normalized spacial score (nSPS) is 26.1. The van der Waals surface area contributed by atoms with Gasteiger partial charge in [-0.15, -0.1) is 0 Å². The highest BCUT2D eigenvalue weighted by Gasteiger charge is 2.33. The summed E-state index contributed by atoms with van der Waals surface area (Å²) in [5.74, 6) is 2.57. The fourth-order valence-corrected chi connectivity index (χ4v) is 5.67. The van der Waals surface area contributed by atoms with Gasteiger partial charge in [0.1, 0.15) is 0 Å². The lowest BCUT2D eigenvalue weighted by Gasteiger charge is -2.36. The highest BCUT2D eigenvalue weighted by atomic mass is 32.2. The Bertz CT molecular complexity index is 329. The molecule has 2 heterocycles. The summed E-state index contributed by atoms with van der Waals surface area (Å²) in [5, 5.41) is 5.13. The topological polar surface area (TPSA) is 25.2 Å². The van der Waals surface area contributed by atoms with Crippen LogP contribution in [-0.4, -0.2) is 28.6 Å². The molecule has 3 atom stereocenters. The summed E-state index contributed by atoms with van der Waals surface area (Å²) in [6.45, 7) is 5.61. The molecule has 1 aliphatic rings. The largest absolute Gasteiger partial charge is 0.472 e. The Labute approximate surface area is 119 Å². The average Bonchev–Trinajstić information content (AvgIpc) is 2.94. The maximum Gasteiger partial charge on any atom is 0.0950 e. The Morgan fingerprint density at radius 1 is 1.39 bits per heavy atom. The zero-order chi connectivity index (χ0) is 12.8. The Kier molecular flexibility index (Phi) is 5.99. The molecule has 0 aromatic carbocycles. The number of hydrogen-bond donors (Lipinski definition) is 1. The molecule has 1 aromatic heterocycles. The van der Waals surface area contributed by atoms with E-state index in [0.29, 0.717) is 11.3 Å². The molecule has 0 spiro atoms. The van der Waals surface area contributed by atoms with Gasteiger partial charge in [-0.25, -0.2) is 0 Å². The van der Waals surface area contributed by atoms with Gasteiger partial charge < -0.3 is 9.73 Å². The Morgan fingerprint density at radius 3 is 2.89 bits per heavy atom. The molecular weight excluding hydrogens is 262 g/mol. The van der Waals surface area contributed by atoms with Gasteiger partial charge in [-0.05, 0) is 25.5 Å². The molecule has 102 valence electrons. The van der Waals surface area contributed by atoms with Crippen LogP contribution in [0.4, 0.5) is 0 Å². The van der Waals surface area contributed by atoms with Crippen molar-refractivity contribution >= 4 is 23.5 Å². The van der Waals surface area contributed by atoms with Crippen LogP contribution in [0.5, 0.6) is 0 Å². The van der Waals surface area contributed by atoms with E-state index >= 15 is 0 Å². The third-order valence-electron chi connectivity index (χ3n) is 3.34. The fraction of sp³-hybridized carbons (Fsp3) is 0.714. The summed E-state index contributed by atoms with van der Waals surface area (Å²) in [6, 6.07) is 2.55. The van der Waals surface area contributed by atoms with E-state index < -0.39 is 0 Å². The maximum atomic E-state index is 5.28. The number of nitrogens with one attached hydrogen (secondary N) is 1. The van der Waals surface area contributed by atoms with Gasteiger partial charge in [-0.2, -0.15) is 23.5 Å². The molecule has 3 unspecified atom stereocenters. The van der Waals surface area contributed by atoms with E-state index in [1.807, 2.05) is 6.26 Å². The van der Waals surface area contributed by atoms with Gasteiger partial charge in [-0.1, -0.05) is 13.8 Å². The van der Waals surface area contributed by atoms with Gasteiger partial charge in [0.25, 0.3) is 0 Å². The molecule has 18 heavy (non-hydrogen) atoms. The van der Waals surface area contributed by atoms with Crippen molar-refractivity contribution in [3.63, 3.8) is 0 Å². The van der Waals surface area contributed by atoms with Crippen LogP contribution < -0.4 is 5.32 Å². The van der Waals surface area contributed by atoms with E-state index in [-0.39, 0.29) is 0 Å². The van der Waals surface area contributed by atoms with Crippen LogP contribution in [-0.2, 0) is 0 Å². The van der Waals surface area contributed by atoms with Crippen LogP contribution in [0.2, 0.25) is 0 Å². The second-order valence-corrected chi connectivity index (χ2v) is 7.27. The summed E-state index contributed by atoms with van der Waals surface area (Å²) < 4.78 is 5.28. The van der Waals surface area contributed by atoms with Crippen LogP contribution in [0.3, 0.4) is 0 Å². The minimum Gasteiger partial charge on any atom is -0.472 e. The minimum absolute atomic E-state index is 0.437. The van der Waals surface area contributed by atoms with Gasteiger partial charge in [0.2, 0.25) is 0 Å². The van der Waals surface area contributed by atoms with Gasteiger partial charge in [-0.3, -0.25) is 0 Å². The predicted molar refractivity (Wildman–Crippen MR) is 82.5 cm³/mol. The van der Waals surface area contributed by atoms with Crippen molar-refractivity contribution in [1.29, 1.82) is 0 Å². The summed E-state index contributed by atoms with van der Waals surface area (Å²) in [4.78, 5) is 0. The van der Waals surface area contributed by atoms with Gasteiger partial charge in [0.15, 0.2) is 0 Å². The van der Waals surface area contributed by atoms with Gasteiger partial charge in [0, 0.05) is 33.6 Å². The molecule has 0 amide bonds. The molecule has 0 saturated carbocycles. The van der Waals surface area contributed by atoms with E-state index in [4.69, 9.17) is 4.42 Å². The number of thioether (sulfide) groups is 2. The second-order valence-electron chi connectivity index (χ2n) is 4.64. The van der Waals surface area contributed by atoms with Crippen molar-refractivity contribution in [3.8, 4) is 0 Å². The predicted octanol–water partition coefficient (Wildman–Crippen LogP) is 3.95. The first-order valence-electron chi connectivity index (χ1n) is 6.85. The average molecular weight is 285 g/mol. The van der Waals surface area contributed by atoms with Crippen molar-refractivity contribution in [3.05, 3.63) is 24.2 Å². The zero-order valence-electron chi connectivity index (χ0n) is 11.2. The SMILES string of the molecule is CCCNC(c1ccoc1)C1SCCSC1CC. The van der Waals surface area contributed by atoms with E-state index in [9.17, 15) is 0 Å². The molecule has 1 fully saturated rings. The summed E-state index contributed by atoms with van der Waals surface area (Å²) in [6.07, 6.45) is 6.12. The van der Waals surface area contributed by atoms with Gasteiger partial charge in [0.05, 0.1) is 12.5 Å². The Balaban J connectivity index is 2.11. The number of furan rings is 1. The highest BCUT2D eigenvalue weighted by molar-refractivity contribution is 8.07. The van der Waals surface area contributed by atoms with Crippen molar-refractivity contribution in [2.75, 3.05) is 18.1 Å². The summed E-state index contributed by atoms with van der Waals surface area (Å²) in [7, 11) is 0. The Morgan fingerprint density at radius 2 is 2.22 bits per heavy atom. The maximum absolute atomic E-state index is 5.28. The first-order chi connectivity index (χ1) is 8.86. The van der Waals surface area contributed by atoms with Crippen LogP contribution in [0.15, 0.2) is 23.0 Å². The zero-order valence-corrected chi connectivity index (χ0v) is 12.9. The molecule has 2 rings (SSSR count). The van der Waals surface area contributed by atoms with Crippen LogP contribution >= 0.6 is 23.5 Å². The molecule has 1 aromatic rings. The molecule has 0 radical (unpaired) electrons. The van der Waals surface area contributed by atoms with Crippen molar-refractivity contribution in [2.24, 2.45) is 0 Å². The smallest absolute Gasteiger partial charge is 0.0950 e. The van der Waals surface area contributed by atoms with Crippen molar-refractivity contribution in [2.45, 2.75) is 43.2 Å². The molecule has 0 bridgehead atoms. The lowest BCUT2D eigenvalue weighted by atomic mass is 10.0. The first-order valence-corrected chi connectivity index (χ1v) is 8.95. The van der Waals surface area contributed by atoms with Crippen molar-refractivity contribution in [1.82, 2.24) is 5.32 Å². The quantitative estimate of drug-likeness (QED) is 0.855. The molecule has 2 nitrogen and oxygen atoms in total. The van der Waals surface area contributed by atoms with E-state index in [1.165, 1.54) is 29.9 Å². The monoisotopic (exact) mass is 285 g/mol. The summed E-state index contributed by atoms with van der Waals surface area (Å²) in [5.41, 5.74) is 1.31. The third-order valence-corrected chi connectivity index (χ3v) is 6.69. The first kappa shape index (κ1) is 14.4. The molecule has 1 N–H and O–H groups in total. The molecule has 1 saturated heterocycles. The van der Waals surface area contributed by atoms with E-state index in [1.54, 1.807) is 6.26 Å². The third kappa shape index (κ3) is 3.49. The number of rotatable bonds is 6. The van der Waals surface area contributed by atoms with Crippen LogP contribution in [0.25, 0.3) is 0 Å². The molecular formula is C14H23NOS2. The minimum atomic E-state index is 0.437.